The molecule has 5 rings (SSSR count). The summed E-state index contributed by atoms with van der Waals surface area (Å²) in [5.74, 6) is -1.58. The summed E-state index contributed by atoms with van der Waals surface area (Å²) in [4.78, 5) is 111. The largest absolute Gasteiger partial charge is 0.484 e. The standard InChI is InChI=1S/C44H56N8O12/c1-43(2,3)63-41(59)45-31-7-11-33(12-8-31)61-29-39(57)49-23-19-47(20-24-49)37(55)27-51-17-15-36(54)52(18-16-35(51)53)28-38(56)48-21-25-50(26-22-48)40(58)30-62-34-13-9-32(10-14-34)46-42(60)64-44(4,5)6/h7-18H,19-30H2,1-6H3,(H,45,59)(H,46,60)/b17-15-,18-16-. The van der Waals surface area contributed by atoms with Crippen LogP contribution in [-0.4, -0.2) is 167 Å². The highest BCUT2D eigenvalue weighted by atomic mass is 16.6. The lowest BCUT2D eigenvalue weighted by Crippen LogP contribution is -2.53. The Bertz CT molecular complexity index is 1950. The summed E-state index contributed by atoms with van der Waals surface area (Å²) in [7, 11) is 0. The Labute approximate surface area is 371 Å². The van der Waals surface area contributed by atoms with Gasteiger partial charge in [-0.3, -0.25) is 39.4 Å². The van der Waals surface area contributed by atoms with Crippen LogP contribution < -0.4 is 20.1 Å². The zero-order valence-electron chi connectivity index (χ0n) is 37.0. The van der Waals surface area contributed by atoms with Crippen LogP contribution in [0, 0.1) is 0 Å². The third kappa shape index (κ3) is 15.1. The second-order valence-electron chi connectivity index (χ2n) is 17.0. The molecule has 2 saturated heterocycles. The number of amides is 8. The number of carbonyl (C=O) groups is 8. The number of nitrogens with zero attached hydrogens (tertiary/aromatic N) is 6. The Morgan fingerprint density at radius 1 is 0.484 bits per heavy atom. The molecule has 3 aliphatic rings. The third-order valence-electron chi connectivity index (χ3n) is 9.67. The van der Waals surface area contributed by atoms with E-state index in [1.807, 2.05) is 0 Å². The number of anilines is 2. The van der Waals surface area contributed by atoms with Crippen LogP contribution in [-0.2, 0) is 38.2 Å². The molecule has 2 aromatic rings. The first-order chi connectivity index (χ1) is 30.2. The van der Waals surface area contributed by atoms with E-state index in [2.05, 4.69) is 10.6 Å². The van der Waals surface area contributed by atoms with Gasteiger partial charge in [-0.15, -0.1) is 0 Å². The Morgan fingerprint density at radius 3 is 1.08 bits per heavy atom. The number of ether oxygens (including phenoxy) is 4. The smallest absolute Gasteiger partial charge is 0.412 e. The number of hydrogen-bond donors (Lipinski definition) is 2. The van der Waals surface area contributed by atoms with Crippen molar-refractivity contribution in [3.8, 4) is 11.5 Å². The summed E-state index contributed by atoms with van der Waals surface area (Å²) in [6, 6.07) is 13.0. The maximum absolute atomic E-state index is 13.2. The average molecular weight is 889 g/mol. The van der Waals surface area contributed by atoms with Crippen LogP contribution in [0.1, 0.15) is 41.5 Å². The van der Waals surface area contributed by atoms with Crippen molar-refractivity contribution >= 4 is 59.0 Å². The minimum Gasteiger partial charge on any atom is -0.484 e. The minimum atomic E-state index is -0.639. The fourth-order valence-corrected chi connectivity index (χ4v) is 6.39. The number of piperazine rings is 2. The lowest BCUT2D eigenvalue weighted by atomic mass is 10.2. The first kappa shape index (κ1) is 47.9. The van der Waals surface area contributed by atoms with Gasteiger partial charge in [-0.05, 0) is 90.1 Å². The summed E-state index contributed by atoms with van der Waals surface area (Å²) in [5.41, 5.74) is -0.280. The van der Waals surface area contributed by atoms with Crippen LogP contribution in [0.2, 0.25) is 0 Å². The fourth-order valence-electron chi connectivity index (χ4n) is 6.39. The lowest BCUT2D eigenvalue weighted by molar-refractivity contribution is -0.142. The van der Waals surface area contributed by atoms with Crippen molar-refractivity contribution in [3.63, 3.8) is 0 Å². The molecule has 0 aromatic heterocycles. The molecule has 0 aliphatic carbocycles. The molecule has 20 heteroatoms. The molecule has 2 aromatic carbocycles. The van der Waals surface area contributed by atoms with Gasteiger partial charge in [0.15, 0.2) is 13.2 Å². The Hall–Kier alpha value is -7.12. The van der Waals surface area contributed by atoms with Crippen LogP contribution in [0.5, 0.6) is 11.5 Å². The monoisotopic (exact) mass is 888 g/mol. The van der Waals surface area contributed by atoms with Crippen LogP contribution in [0.25, 0.3) is 0 Å². The van der Waals surface area contributed by atoms with Crippen molar-refractivity contribution < 1.29 is 57.3 Å². The number of nitrogens with one attached hydrogen (secondary N) is 2. The molecule has 0 unspecified atom stereocenters. The van der Waals surface area contributed by atoms with Crippen molar-refractivity contribution in [2.75, 3.05) is 89.3 Å². The molecule has 3 heterocycles. The van der Waals surface area contributed by atoms with E-state index in [9.17, 15) is 38.4 Å². The zero-order chi connectivity index (χ0) is 46.6. The van der Waals surface area contributed by atoms with Crippen LogP contribution >= 0.6 is 0 Å². The zero-order valence-corrected chi connectivity index (χ0v) is 37.0. The highest BCUT2D eigenvalue weighted by Gasteiger charge is 2.29. The van der Waals surface area contributed by atoms with E-state index in [0.29, 0.717) is 22.9 Å². The molecule has 20 nitrogen and oxygen atoms in total. The maximum Gasteiger partial charge on any atom is 0.412 e. The summed E-state index contributed by atoms with van der Waals surface area (Å²) in [5, 5.41) is 5.25. The number of carbonyl (C=O) groups excluding carboxylic acids is 8. The molecule has 344 valence electrons. The summed E-state index contributed by atoms with van der Waals surface area (Å²) in [6.07, 6.45) is 3.47. The van der Waals surface area contributed by atoms with Gasteiger partial charge in [-0.2, -0.15) is 0 Å². The lowest BCUT2D eigenvalue weighted by Gasteiger charge is -2.36. The molecule has 0 radical (unpaired) electrons. The van der Waals surface area contributed by atoms with E-state index >= 15 is 0 Å². The van der Waals surface area contributed by atoms with Crippen molar-refractivity contribution in [3.05, 3.63) is 73.1 Å². The van der Waals surface area contributed by atoms with Gasteiger partial charge in [0.25, 0.3) is 23.6 Å². The molecule has 0 bridgehead atoms. The van der Waals surface area contributed by atoms with Gasteiger partial charge in [0.2, 0.25) is 11.8 Å². The summed E-state index contributed by atoms with van der Waals surface area (Å²) in [6.45, 7) is 11.4. The van der Waals surface area contributed by atoms with Gasteiger partial charge in [0.05, 0.1) is 0 Å². The highest BCUT2D eigenvalue weighted by Crippen LogP contribution is 2.19. The number of hydrogen-bond acceptors (Lipinski definition) is 12. The Kier molecular flexibility index (Phi) is 16.0. The number of benzene rings is 2. The van der Waals surface area contributed by atoms with E-state index < -0.39 is 35.2 Å². The molecule has 8 amide bonds. The molecular weight excluding hydrogens is 833 g/mol. The average Bonchev–Trinajstić information content (AvgIpc) is 3.23. The van der Waals surface area contributed by atoms with Crippen LogP contribution in [0.4, 0.5) is 21.0 Å². The highest BCUT2D eigenvalue weighted by molar-refractivity contribution is 5.97. The third-order valence-corrected chi connectivity index (χ3v) is 9.67. The molecule has 2 fully saturated rings. The van der Waals surface area contributed by atoms with Crippen molar-refractivity contribution in [1.29, 1.82) is 0 Å². The topological polar surface area (TPSA) is 217 Å². The molecule has 0 saturated carbocycles. The minimum absolute atomic E-state index is 0.228. The molecule has 64 heavy (non-hydrogen) atoms. The second-order valence-corrected chi connectivity index (χ2v) is 17.0. The molecular formula is C44H56N8O12. The summed E-state index contributed by atoms with van der Waals surface area (Å²) < 4.78 is 21.7. The summed E-state index contributed by atoms with van der Waals surface area (Å²) >= 11 is 0. The van der Waals surface area contributed by atoms with Gasteiger partial charge in [0, 0.05) is 88.3 Å². The first-order valence-corrected chi connectivity index (χ1v) is 20.8. The number of rotatable bonds is 12. The Morgan fingerprint density at radius 2 is 0.781 bits per heavy atom. The van der Waals surface area contributed by atoms with Gasteiger partial charge in [0.1, 0.15) is 35.8 Å². The van der Waals surface area contributed by atoms with E-state index in [4.69, 9.17) is 18.9 Å². The predicted molar refractivity (Wildman–Crippen MR) is 232 cm³/mol. The second kappa shape index (κ2) is 21.3. The van der Waals surface area contributed by atoms with E-state index in [1.54, 1.807) is 99.9 Å². The molecule has 2 N–H and O–H groups in total. The van der Waals surface area contributed by atoms with Gasteiger partial charge in [-0.1, -0.05) is 0 Å². The first-order valence-electron chi connectivity index (χ1n) is 20.8. The van der Waals surface area contributed by atoms with Crippen LogP contribution in [0.15, 0.2) is 73.1 Å². The predicted octanol–water partition coefficient (Wildman–Crippen LogP) is 2.88. The Balaban J connectivity index is 0.984. The van der Waals surface area contributed by atoms with E-state index in [-0.39, 0.29) is 102 Å². The van der Waals surface area contributed by atoms with E-state index in [0.717, 1.165) is 22.0 Å². The van der Waals surface area contributed by atoms with Crippen molar-refractivity contribution in [2.45, 2.75) is 52.7 Å². The quantitative estimate of drug-likeness (QED) is 0.315. The van der Waals surface area contributed by atoms with Crippen molar-refractivity contribution in [1.82, 2.24) is 29.4 Å². The maximum atomic E-state index is 13.2. The van der Waals surface area contributed by atoms with Gasteiger partial charge >= 0.3 is 12.2 Å². The van der Waals surface area contributed by atoms with Gasteiger partial charge in [-0.25, -0.2) is 9.59 Å². The molecule has 0 atom stereocenters. The van der Waals surface area contributed by atoms with Crippen molar-refractivity contribution in [2.24, 2.45) is 0 Å². The normalized spacial score (nSPS) is 16.8. The van der Waals surface area contributed by atoms with Gasteiger partial charge < -0.3 is 48.3 Å². The molecule has 0 spiro atoms. The van der Waals surface area contributed by atoms with Crippen LogP contribution in [0.3, 0.4) is 0 Å². The molecule has 3 aliphatic heterocycles. The fraction of sp³-hybridized carbons (Fsp3) is 0.455. The SMILES string of the molecule is CC(C)(C)OC(=O)Nc1ccc(OCC(=O)N2CCN(C(=O)CN3/C=C\C(=O)N(CC(=O)N4CCN(C(=O)COc5ccc(NC(=O)OC(C)(C)C)cc5)CC4)/C=C\C3=O)CC2)cc1. The van der Waals surface area contributed by atoms with E-state index in [1.165, 1.54) is 22.2 Å².